The molecule has 1 rings (SSSR count). The van der Waals surface area contributed by atoms with E-state index in [2.05, 4.69) is 22.9 Å². The van der Waals surface area contributed by atoms with Gasteiger partial charge in [-0.3, -0.25) is 4.79 Å². The molecule has 1 fully saturated rings. The molecule has 1 saturated heterocycles. The molecule has 0 aromatic heterocycles. The van der Waals surface area contributed by atoms with Gasteiger partial charge < -0.3 is 16.0 Å². The van der Waals surface area contributed by atoms with Gasteiger partial charge in [-0.15, -0.1) is 0 Å². The van der Waals surface area contributed by atoms with Crippen LogP contribution in [0.25, 0.3) is 0 Å². The van der Waals surface area contributed by atoms with Crippen molar-refractivity contribution in [2.45, 2.75) is 45.6 Å². The van der Waals surface area contributed by atoms with Gasteiger partial charge in [0.2, 0.25) is 5.91 Å². The summed E-state index contributed by atoms with van der Waals surface area (Å²) in [6.07, 6.45) is 4.16. The van der Waals surface area contributed by atoms with Crippen molar-refractivity contribution in [3.8, 4) is 0 Å². The predicted molar refractivity (Wildman–Crippen MR) is 71.0 cm³/mol. The van der Waals surface area contributed by atoms with Crippen LogP contribution in [-0.4, -0.2) is 38.1 Å². The summed E-state index contributed by atoms with van der Waals surface area (Å²) in [4.78, 5) is 11.5. The topological polar surface area (TPSA) is 53.2 Å². The minimum Gasteiger partial charge on any atom is -0.354 e. The molecule has 0 radical (unpaired) electrons. The highest BCUT2D eigenvalue weighted by Crippen LogP contribution is 2.07. The molecule has 2 atom stereocenters. The molecule has 4 heteroatoms. The van der Waals surface area contributed by atoms with E-state index in [0.717, 1.165) is 38.5 Å². The highest BCUT2D eigenvalue weighted by molar-refractivity contribution is 5.76. The summed E-state index contributed by atoms with van der Waals surface area (Å²) < 4.78 is 0. The van der Waals surface area contributed by atoms with Gasteiger partial charge in [-0.05, 0) is 51.7 Å². The van der Waals surface area contributed by atoms with Crippen LogP contribution in [0.1, 0.15) is 39.5 Å². The third-order valence-corrected chi connectivity index (χ3v) is 3.38. The van der Waals surface area contributed by atoms with Gasteiger partial charge in [-0.1, -0.05) is 6.92 Å². The lowest BCUT2D eigenvalue weighted by Gasteiger charge is -2.22. The molecule has 1 heterocycles. The van der Waals surface area contributed by atoms with Gasteiger partial charge in [0.15, 0.2) is 0 Å². The Morgan fingerprint density at radius 3 is 3.00 bits per heavy atom. The Kier molecular flexibility index (Phi) is 7.21. The summed E-state index contributed by atoms with van der Waals surface area (Å²) in [6.45, 7) is 8.22. The SMILES string of the molecule is CCC(C)NC(=O)CCNCC1CCCNC1. The van der Waals surface area contributed by atoms with E-state index >= 15 is 0 Å². The molecule has 0 saturated carbocycles. The fraction of sp³-hybridized carbons (Fsp3) is 0.923. The van der Waals surface area contributed by atoms with Gasteiger partial charge in [-0.25, -0.2) is 0 Å². The maximum absolute atomic E-state index is 11.5. The van der Waals surface area contributed by atoms with Crippen molar-refractivity contribution < 1.29 is 4.79 Å². The molecule has 0 aliphatic carbocycles. The van der Waals surface area contributed by atoms with E-state index in [4.69, 9.17) is 0 Å². The Morgan fingerprint density at radius 1 is 1.53 bits per heavy atom. The highest BCUT2D eigenvalue weighted by atomic mass is 16.1. The zero-order valence-electron chi connectivity index (χ0n) is 11.2. The first kappa shape index (κ1) is 14.5. The molecule has 0 aromatic rings. The van der Waals surface area contributed by atoms with Crippen molar-refractivity contribution in [3.05, 3.63) is 0 Å². The largest absolute Gasteiger partial charge is 0.354 e. The van der Waals surface area contributed by atoms with Gasteiger partial charge >= 0.3 is 0 Å². The normalized spacial score (nSPS) is 22.1. The van der Waals surface area contributed by atoms with E-state index in [0.29, 0.717) is 12.5 Å². The lowest BCUT2D eigenvalue weighted by molar-refractivity contribution is -0.121. The Labute approximate surface area is 105 Å². The number of amides is 1. The van der Waals surface area contributed by atoms with Crippen LogP contribution in [0.2, 0.25) is 0 Å². The number of nitrogens with one attached hydrogen (secondary N) is 3. The molecule has 2 unspecified atom stereocenters. The van der Waals surface area contributed by atoms with E-state index in [1.54, 1.807) is 0 Å². The minimum atomic E-state index is 0.161. The van der Waals surface area contributed by atoms with E-state index < -0.39 is 0 Å². The lowest BCUT2D eigenvalue weighted by Crippen LogP contribution is -2.38. The first-order valence-corrected chi connectivity index (χ1v) is 6.93. The van der Waals surface area contributed by atoms with E-state index in [-0.39, 0.29) is 5.91 Å². The van der Waals surface area contributed by atoms with Gasteiger partial charge in [-0.2, -0.15) is 0 Å². The van der Waals surface area contributed by atoms with Crippen LogP contribution >= 0.6 is 0 Å². The first-order chi connectivity index (χ1) is 8.22. The summed E-state index contributed by atoms with van der Waals surface area (Å²) >= 11 is 0. The maximum Gasteiger partial charge on any atom is 0.221 e. The van der Waals surface area contributed by atoms with Gasteiger partial charge in [0.25, 0.3) is 0 Å². The Morgan fingerprint density at radius 2 is 2.35 bits per heavy atom. The fourth-order valence-corrected chi connectivity index (χ4v) is 2.06. The van der Waals surface area contributed by atoms with E-state index in [1.807, 2.05) is 6.92 Å². The molecular weight excluding hydrogens is 214 g/mol. The molecule has 3 N–H and O–H groups in total. The number of carbonyl (C=O) groups is 1. The molecule has 17 heavy (non-hydrogen) atoms. The van der Waals surface area contributed by atoms with Crippen molar-refractivity contribution in [2.75, 3.05) is 26.2 Å². The van der Waals surface area contributed by atoms with Crippen LogP contribution in [-0.2, 0) is 4.79 Å². The quantitative estimate of drug-likeness (QED) is 0.580. The van der Waals surface area contributed by atoms with Crippen molar-refractivity contribution in [1.82, 2.24) is 16.0 Å². The van der Waals surface area contributed by atoms with Crippen molar-refractivity contribution in [2.24, 2.45) is 5.92 Å². The molecule has 1 aliphatic heterocycles. The van der Waals surface area contributed by atoms with Gasteiger partial charge in [0, 0.05) is 19.0 Å². The number of hydrogen-bond acceptors (Lipinski definition) is 3. The van der Waals surface area contributed by atoms with Crippen LogP contribution in [0.4, 0.5) is 0 Å². The predicted octanol–water partition coefficient (Wildman–Crippen LogP) is 0.880. The maximum atomic E-state index is 11.5. The monoisotopic (exact) mass is 241 g/mol. The van der Waals surface area contributed by atoms with Crippen molar-refractivity contribution in [3.63, 3.8) is 0 Å². The Hall–Kier alpha value is -0.610. The molecule has 0 bridgehead atoms. The van der Waals surface area contributed by atoms with Crippen molar-refractivity contribution >= 4 is 5.91 Å². The standard InChI is InChI=1S/C13H27N3O/c1-3-11(2)16-13(17)6-8-15-10-12-5-4-7-14-9-12/h11-12,14-15H,3-10H2,1-2H3,(H,16,17). The zero-order valence-corrected chi connectivity index (χ0v) is 11.2. The third-order valence-electron chi connectivity index (χ3n) is 3.38. The average Bonchev–Trinajstić information content (AvgIpc) is 2.36. The van der Waals surface area contributed by atoms with Gasteiger partial charge in [0.1, 0.15) is 0 Å². The molecule has 1 amide bonds. The van der Waals surface area contributed by atoms with Crippen LogP contribution in [0.3, 0.4) is 0 Å². The number of rotatable bonds is 7. The summed E-state index contributed by atoms with van der Waals surface area (Å²) in [5, 5.41) is 9.75. The smallest absolute Gasteiger partial charge is 0.221 e. The molecular formula is C13H27N3O. The third kappa shape index (κ3) is 6.64. The number of hydrogen-bond donors (Lipinski definition) is 3. The Bertz CT molecular complexity index is 215. The second kappa shape index (κ2) is 8.48. The lowest BCUT2D eigenvalue weighted by atomic mass is 10.00. The minimum absolute atomic E-state index is 0.161. The highest BCUT2D eigenvalue weighted by Gasteiger charge is 2.12. The second-order valence-electron chi connectivity index (χ2n) is 5.04. The fourth-order valence-electron chi connectivity index (χ4n) is 2.06. The molecule has 100 valence electrons. The van der Waals surface area contributed by atoms with E-state index in [1.165, 1.54) is 12.8 Å². The second-order valence-corrected chi connectivity index (χ2v) is 5.04. The van der Waals surface area contributed by atoms with Crippen LogP contribution in [0, 0.1) is 5.92 Å². The zero-order chi connectivity index (χ0) is 12.5. The average molecular weight is 241 g/mol. The van der Waals surface area contributed by atoms with E-state index in [9.17, 15) is 4.79 Å². The van der Waals surface area contributed by atoms with Crippen LogP contribution < -0.4 is 16.0 Å². The summed E-state index contributed by atoms with van der Waals surface area (Å²) in [7, 11) is 0. The Balaban J connectivity index is 1.97. The summed E-state index contributed by atoms with van der Waals surface area (Å²) in [6, 6.07) is 0.296. The molecule has 0 aromatic carbocycles. The molecule has 0 spiro atoms. The summed E-state index contributed by atoms with van der Waals surface area (Å²) in [5.41, 5.74) is 0. The van der Waals surface area contributed by atoms with Crippen LogP contribution in [0.15, 0.2) is 0 Å². The van der Waals surface area contributed by atoms with Gasteiger partial charge in [0.05, 0.1) is 0 Å². The molecule has 1 aliphatic rings. The van der Waals surface area contributed by atoms with Crippen LogP contribution in [0.5, 0.6) is 0 Å². The summed E-state index contributed by atoms with van der Waals surface area (Å²) in [5.74, 6) is 0.898. The first-order valence-electron chi connectivity index (χ1n) is 6.93. The van der Waals surface area contributed by atoms with Crippen molar-refractivity contribution in [1.29, 1.82) is 0 Å². The molecule has 4 nitrogen and oxygen atoms in total. The number of carbonyl (C=O) groups excluding carboxylic acids is 1. The number of piperidine rings is 1.